The maximum absolute atomic E-state index is 11.3. The van der Waals surface area contributed by atoms with E-state index in [1.165, 1.54) is 6.26 Å². The van der Waals surface area contributed by atoms with Crippen LogP contribution in [0.15, 0.2) is 12.7 Å². The van der Waals surface area contributed by atoms with Crippen molar-refractivity contribution in [2.24, 2.45) is 0 Å². The second-order valence-corrected chi connectivity index (χ2v) is 5.97. The fourth-order valence-corrected chi connectivity index (χ4v) is 1.66. The summed E-state index contributed by atoms with van der Waals surface area (Å²) in [5, 5.41) is 2.90. The average Bonchev–Trinajstić information content (AvgIpc) is 1.87. The summed E-state index contributed by atoms with van der Waals surface area (Å²) in [7, 11) is -1.34. The Morgan fingerprint density at radius 1 is 1.50 bits per heavy atom. The van der Waals surface area contributed by atoms with Crippen LogP contribution in [0.2, 0.25) is 0 Å². The normalized spacial score (nSPS) is 15.7. The van der Waals surface area contributed by atoms with Crippen LogP contribution in [-0.4, -0.2) is 32.5 Å². The molecule has 1 N–H and O–H groups in total. The standard InChI is InChI=1S/C8H17NO2S/c1-6-7(9-4)8(2,3)12(5,10)11/h6-7,9H,1H2,2-5H3. The van der Waals surface area contributed by atoms with Crippen LogP contribution >= 0.6 is 0 Å². The monoisotopic (exact) mass is 191 g/mol. The minimum absolute atomic E-state index is 0.215. The molecule has 12 heavy (non-hydrogen) atoms. The van der Waals surface area contributed by atoms with E-state index in [0.717, 1.165) is 0 Å². The Labute approximate surface area is 74.8 Å². The summed E-state index contributed by atoms with van der Waals surface area (Å²) in [5.41, 5.74) is 0. The van der Waals surface area contributed by atoms with Crippen molar-refractivity contribution in [3.8, 4) is 0 Å². The van der Waals surface area contributed by atoms with Crippen LogP contribution in [0.1, 0.15) is 13.8 Å². The third-order valence-electron chi connectivity index (χ3n) is 2.25. The second kappa shape index (κ2) is 3.58. The van der Waals surface area contributed by atoms with Gasteiger partial charge in [0.05, 0.1) is 4.75 Å². The van der Waals surface area contributed by atoms with Crippen molar-refractivity contribution in [2.45, 2.75) is 24.6 Å². The molecule has 0 aliphatic heterocycles. The molecule has 0 amide bonds. The zero-order valence-electron chi connectivity index (χ0n) is 8.09. The van der Waals surface area contributed by atoms with Gasteiger partial charge < -0.3 is 5.32 Å². The van der Waals surface area contributed by atoms with Crippen molar-refractivity contribution in [3.63, 3.8) is 0 Å². The summed E-state index contributed by atoms with van der Waals surface area (Å²) in [6.07, 6.45) is 2.85. The van der Waals surface area contributed by atoms with Gasteiger partial charge in [0, 0.05) is 12.3 Å². The summed E-state index contributed by atoms with van der Waals surface area (Å²) in [6.45, 7) is 6.96. The molecule has 1 atom stereocenters. The molecule has 0 rings (SSSR count). The lowest BCUT2D eigenvalue weighted by molar-refractivity contribution is 0.488. The van der Waals surface area contributed by atoms with E-state index >= 15 is 0 Å². The fraction of sp³-hybridized carbons (Fsp3) is 0.750. The Hall–Kier alpha value is -0.350. The van der Waals surface area contributed by atoms with E-state index in [1.807, 2.05) is 0 Å². The Balaban J connectivity index is 4.95. The lowest BCUT2D eigenvalue weighted by atomic mass is 10.0. The highest BCUT2D eigenvalue weighted by atomic mass is 32.2. The smallest absolute Gasteiger partial charge is 0.154 e. The minimum atomic E-state index is -3.06. The molecule has 0 aliphatic carbocycles. The molecule has 0 saturated heterocycles. The van der Waals surface area contributed by atoms with Gasteiger partial charge in [0.2, 0.25) is 0 Å². The van der Waals surface area contributed by atoms with Crippen LogP contribution in [0.3, 0.4) is 0 Å². The maximum atomic E-state index is 11.3. The number of sulfone groups is 1. The summed E-state index contributed by atoms with van der Waals surface area (Å²) in [6, 6.07) is -0.215. The van der Waals surface area contributed by atoms with Crippen molar-refractivity contribution >= 4 is 9.84 Å². The third-order valence-corrected chi connectivity index (χ3v) is 4.42. The van der Waals surface area contributed by atoms with Gasteiger partial charge in [0.1, 0.15) is 0 Å². The molecule has 0 aromatic heterocycles. The molecule has 0 radical (unpaired) electrons. The number of rotatable bonds is 4. The van der Waals surface area contributed by atoms with Crippen molar-refractivity contribution in [3.05, 3.63) is 12.7 Å². The minimum Gasteiger partial charge on any atom is -0.312 e. The highest BCUT2D eigenvalue weighted by Gasteiger charge is 2.36. The largest absolute Gasteiger partial charge is 0.312 e. The summed E-state index contributed by atoms with van der Waals surface area (Å²) in [5.74, 6) is 0. The van der Waals surface area contributed by atoms with Gasteiger partial charge in [-0.05, 0) is 20.9 Å². The molecular formula is C8H17NO2S. The highest BCUT2D eigenvalue weighted by molar-refractivity contribution is 7.92. The molecule has 0 bridgehead atoms. The highest BCUT2D eigenvalue weighted by Crippen LogP contribution is 2.20. The van der Waals surface area contributed by atoms with E-state index in [9.17, 15) is 8.42 Å². The Morgan fingerprint density at radius 2 is 1.92 bits per heavy atom. The first-order valence-electron chi connectivity index (χ1n) is 3.76. The SMILES string of the molecule is C=CC(NC)C(C)(C)S(C)(=O)=O. The molecule has 0 saturated carbocycles. The van der Waals surface area contributed by atoms with E-state index in [0.29, 0.717) is 0 Å². The molecular weight excluding hydrogens is 174 g/mol. The molecule has 3 nitrogen and oxygen atoms in total. The summed E-state index contributed by atoms with van der Waals surface area (Å²) < 4.78 is 21.8. The average molecular weight is 191 g/mol. The predicted octanol–water partition coefficient (Wildman–Crippen LogP) is 0.584. The van der Waals surface area contributed by atoms with Gasteiger partial charge in [-0.2, -0.15) is 0 Å². The molecule has 0 aliphatic rings. The predicted molar refractivity (Wildman–Crippen MR) is 52.0 cm³/mol. The van der Waals surface area contributed by atoms with Gasteiger partial charge in [-0.3, -0.25) is 0 Å². The van der Waals surface area contributed by atoms with Crippen molar-refractivity contribution < 1.29 is 8.42 Å². The van der Waals surface area contributed by atoms with Crippen LogP contribution in [0.25, 0.3) is 0 Å². The number of hydrogen-bond acceptors (Lipinski definition) is 3. The first-order chi connectivity index (χ1) is 5.27. The Kier molecular flexibility index (Phi) is 3.47. The molecule has 0 fully saturated rings. The van der Waals surface area contributed by atoms with Gasteiger partial charge in [-0.1, -0.05) is 6.08 Å². The number of likely N-dealkylation sites (N-methyl/N-ethyl adjacent to an activating group) is 1. The van der Waals surface area contributed by atoms with E-state index in [-0.39, 0.29) is 6.04 Å². The third kappa shape index (κ3) is 2.08. The lowest BCUT2D eigenvalue weighted by Crippen LogP contribution is -2.48. The van der Waals surface area contributed by atoms with Crippen LogP contribution in [0.4, 0.5) is 0 Å². The van der Waals surface area contributed by atoms with Gasteiger partial charge in [0.15, 0.2) is 9.84 Å². The zero-order chi connectivity index (χ0) is 9.99. The first kappa shape index (κ1) is 11.6. The molecule has 1 unspecified atom stereocenters. The first-order valence-corrected chi connectivity index (χ1v) is 5.66. The van der Waals surface area contributed by atoms with Gasteiger partial charge in [-0.25, -0.2) is 8.42 Å². The van der Waals surface area contributed by atoms with Gasteiger partial charge >= 0.3 is 0 Å². The summed E-state index contributed by atoms with van der Waals surface area (Å²) >= 11 is 0. The number of hydrogen-bond donors (Lipinski definition) is 1. The molecule has 72 valence electrons. The van der Waals surface area contributed by atoms with Crippen molar-refractivity contribution in [1.29, 1.82) is 0 Å². The van der Waals surface area contributed by atoms with Crippen LogP contribution in [-0.2, 0) is 9.84 Å². The second-order valence-electron chi connectivity index (χ2n) is 3.38. The fourth-order valence-electron chi connectivity index (χ4n) is 0.980. The van der Waals surface area contributed by atoms with Crippen LogP contribution in [0, 0.1) is 0 Å². The molecule has 0 heterocycles. The maximum Gasteiger partial charge on any atom is 0.154 e. The van der Waals surface area contributed by atoms with Crippen LogP contribution < -0.4 is 5.32 Å². The number of nitrogens with one attached hydrogen (secondary N) is 1. The Morgan fingerprint density at radius 3 is 2.00 bits per heavy atom. The van der Waals surface area contributed by atoms with E-state index in [1.54, 1.807) is 27.0 Å². The molecule has 0 spiro atoms. The molecule has 4 heteroatoms. The van der Waals surface area contributed by atoms with E-state index < -0.39 is 14.6 Å². The van der Waals surface area contributed by atoms with Gasteiger partial charge in [0.25, 0.3) is 0 Å². The van der Waals surface area contributed by atoms with E-state index in [4.69, 9.17) is 0 Å². The molecule has 0 aromatic rings. The topological polar surface area (TPSA) is 46.2 Å². The van der Waals surface area contributed by atoms with E-state index in [2.05, 4.69) is 11.9 Å². The van der Waals surface area contributed by atoms with Gasteiger partial charge in [-0.15, -0.1) is 6.58 Å². The zero-order valence-corrected chi connectivity index (χ0v) is 8.90. The molecule has 0 aromatic carbocycles. The van der Waals surface area contributed by atoms with Crippen molar-refractivity contribution in [1.82, 2.24) is 5.32 Å². The quantitative estimate of drug-likeness (QED) is 0.661. The Bertz CT molecular complexity index is 254. The lowest BCUT2D eigenvalue weighted by Gasteiger charge is -2.29. The van der Waals surface area contributed by atoms with Crippen LogP contribution in [0.5, 0.6) is 0 Å². The summed E-state index contributed by atoms with van der Waals surface area (Å²) in [4.78, 5) is 0. The van der Waals surface area contributed by atoms with Crippen molar-refractivity contribution in [2.75, 3.05) is 13.3 Å².